The van der Waals surface area contributed by atoms with Gasteiger partial charge in [-0.2, -0.15) is 15.1 Å². The van der Waals surface area contributed by atoms with Crippen molar-refractivity contribution in [2.75, 3.05) is 11.9 Å². The number of fused-ring (bicyclic) bond motifs is 1. The van der Waals surface area contributed by atoms with Crippen LogP contribution in [0.4, 0.5) is 5.82 Å². The molecule has 1 saturated heterocycles. The molecule has 0 amide bonds. The Morgan fingerprint density at radius 1 is 1.30 bits per heavy atom. The molecule has 3 heterocycles. The Balaban J connectivity index is 1.54. The summed E-state index contributed by atoms with van der Waals surface area (Å²) in [5.41, 5.74) is 0.283. The lowest BCUT2D eigenvalue weighted by atomic mass is 10.1. The van der Waals surface area contributed by atoms with Crippen LogP contribution >= 0.6 is 19.2 Å². The SMILES string of the molecule is C[C@H](O)C(OC[C@H]1O[C@@H](n2ncc3c(NC4CCCC4)nc(Cl)nc32)[C@H](O)[C@@H]1O)P(=O)(O)O. The van der Waals surface area contributed by atoms with E-state index in [9.17, 15) is 29.7 Å². The highest BCUT2D eigenvalue weighted by molar-refractivity contribution is 7.52. The molecule has 1 unspecified atom stereocenters. The molecule has 0 bridgehead atoms. The van der Waals surface area contributed by atoms with Crippen LogP contribution in [0.25, 0.3) is 11.0 Å². The summed E-state index contributed by atoms with van der Waals surface area (Å²) in [6.07, 6.45) is -0.898. The summed E-state index contributed by atoms with van der Waals surface area (Å²) in [5.74, 6) is -1.29. The second-order valence-corrected chi connectivity index (χ2v) is 10.4. The van der Waals surface area contributed by atoms with E-state index in [1.807, 2.05) is 0 Å². The van der Waals surface area contributed by atoms with Gasteiger partial charge in [0.05, 0.1) is 24.3 Å². The van der Waals surface area contributed by atoms with Gasteiger partial charge in [0.2, 0.25) is 5.28 Å². The number of aromatic nitrogens is 4. The summed E-state index contributed by atoms with van der Waals surface area (Å²) < 4.78 is 23.6. The second kappa shape index (κ2) is 9.68. The number of ether oxygens (including phenoxy) is 2. The van der Waals surface area contributed by atoms with Crippen molar-refractivity contribution < 1.29 is 39.1 Å². The Bertz CT molecular complexity index is 1030. The van der Waals surface area contributed by atoms with Crippen molar-refractivity contribution >= 4 is 36.0 Å². The summed E-state index contributed by atoms with van der Waals surface area (Å²) in [5, 5.41) is 38.7. The van der Waals surface area contributed by atoms with E-state index in [0.29, 0.717) is 11.2 Å². The minimum absolute atomic E-state index is 0.0286. The molecule has 33 heavy (non-hydrogen) atoms. The number of hydrogen-bond acceptors (Lipinski definition) is 10. The highest BCUT2D eigenvalue weighted by Gasteiger charge is 2.46. The molecule has 6 atom stereocenters. The quantitative estimate of drug-likeness (QED) is 0.212. The van der Waals surface area contributed by atoms with Crippen molar-refractivity contribution in [3.63, 3.8) is 0 Å². The number of rotatable bonds is 8. The molecular weight excluding hydrogens is 481 g/mol. The lowest BCUT2D eigenvalue weighted by molar-refractivity contribution is -0.0890. The normalized spacial score (nSPS) is 28.5. The standard InChI is InChI=1S/C18H27ClN5O8P/c1-8(25)17(33(28,29)30)31-7-11-12(26)13(27)16(32-11)24-15-10(6-20-24)14(22-18(19)23-15)21-9-4-2-3-5-9/h6,8-9,11-13,16-17,25-27H,2-5,7H2,1H3,(H,21,22,23)(H2,28,29,30)/t8-,11+,12+,13+,16+,17?/m0/s1. The summed E-state index contributed by atoms with van der Waals surface area (Å²) >= 11 is 6.12. The molecule has 0 aromatic carbocycles. The second-order valence-electron chi connectivity index (χ2n) is 8.39. The molecule has 1 saturated carbocycles. The summed E-state index contributed by atoms with van der Waals surface area (Å²) in [4.78, 5) is 27.1. The van der Waals surface area contributed by atoms with Gasteiger partial charge < -0.3 is 39.9 Å². The number of hydrogen-bond donors (Lipinski definition) is 6. The zero-order chi connectivity index (χ0) is 23.9. The highest BCUT2D eigenvalue weighted by atomic mass is 35.5. The van der Waals surface area contributed by atoms with Gasteiger partial charge in [-0.05, 0) is 31.4 Å². The van der Waals surface area contributed by atoms with Crippen molar-refractivity contribution in [3.05, 3.63) is 11.5 Å². The topological polar surface area (TPSA) is 192 Å². The zero-order valence-electron chi connectivity index (χ0n) is 17.7. The van der Waals surface area contributed by atoms with Crippen LogP contribution in [0, 0.1) is 0 Å². The molecule has 2 aromatic heterocycles. The third kappa shape index (κ3) is 5.16. The number of nitrogens with one attached hydrogen (secondary N) is 1. The molecule has 1 aliphatic carbocycles. The Hall–Kier alpha value is -1.41. The maximum absolute atomic E-state index is 11.5. The van der Waals surface area contributed by atoms with E-state index in [-0.39, 0.29) is 17.0 Å². The summed E-state index contributed by atoms with van der Waals surface area (Å²) in [7, 11) is -4.77. The lowest BCUT2D eigenvalue weighted by Gasteiger charge is -2.24. The Kier molecular flexibility index (Phi) is 7.25. The molecule has 184 valence electrons. The van der Waals surface area contributed by atoms with Crippen LogP contribution in [0.5, 0.6) is 0 Å². The molecule has 2 aliphatic rings. The fourth-order valence-corrected chi connectivity index (χ4v) is 5.25. The molecule has 2 aromatic rings. The van der Waals surface area contributed by atoms with Crippen LogP contribution in [0.2, 0.25) is 5.28 Å². The largest absolute Gasteiger partial charge is 0.390 e. The van der Waals surface area contributed by atoms with Gasteiger partial charge in [-0.1, -0.05) is 12.8 Å². The lowest BCUT2D eigenvalue weighted by Crippen LogP contribution is -2.36. The zero-order valence-corrected chi connectivity index (χ0v) is 19.4. The van der Waals surface area contributed by atoms with Crippen LogP contribution in [-0.4, -0.2) is 87.8 Å². The number of aliphatic hydroxyl groups excluding tert-OH is 3. The molecule has 6 N–H and O–H groups in total. The van der Waals surface area contributed by atoms with E-state index in [1.165, 1.54) is 17.8 Å². The average molecular weight is 508 g/mol. The Morgan fingerprint density at radius 2 is 2.00 bits per heavy atom. The third-order valence-corrected chi connectivity index (χ3v) is 7.29. The van der Waals surface area contributed by atoms with Crippen LogP contribution in [0.15, 0.2) is 6.20 Å². The molecular formula is C18H27ClN5O8P. The molecule has 0 radical (unpaired) electrons. The van der Waals surface area contributed by atoms with Crippen molar-refractivity contribution in [2.45, 2.75) is 75.1 Å². The van der Waals surface area contributed by atoms with Crippen LogP contribution in [-0.2, 0) is 14.0 Å². The average Bonchev–Trinajstić information content (AvgIpc) is 3.43. The summed E-state index contributed by atoms with van der Waals surface area (Å²) in [6, 6.07) is 0.259. The minimum Gasteiger partial charge on any atom is -0.390 e. The molecule has 1 aliphatic heterocycles. The van der Waals surface area contributed by atoms with Gasteiger partial charge in [0.1, 0.15) is 24.1 Å². The van der Waals surface area contributed by atoms with Gasteiger partial charge in [-0.25, -0.2) is 4.68 Å². The monoisotopic (exact) mass is 507 g/mol. The number of anilines is 1. The van der Waals surface area contributed by atoms with Crippen molar-refractivity contribution in [2.24, 2.45) is 0 Å². The van der Waals surface area contributed by atoms with Crippen LogP contribution in [0.3, 0.4) is 0 Å². The van der Waals surface area contributed by atoms with Crippen molar-refractivity contribution in [3.8, 4) is 0 Å². The van der Waals surface area contributed by atoms with Crippen LogP contribution < -0.4 is 5.32 Å². The van der Waals surface area contributed by atoms with Gasteiger partial charge in [0, 0.05) is 6.04 Å². The van der Waals surface area contributed by atoms with Gasteiger partial charge in [0.15, 0.2) is 17.7 Å². The molecule has 15 heteroatoms. The van der Waals surface area contributed by atoms with Crippen molar-refractivity contribution in [1.82, 2.24) is 19.7 Å². The first-order valence-corrected chi connectivity index (χ1v) is 12.7. The highest BCUT2D eigenvalue weighted by Crippen LogP contribution is 2.44. The van der Waals surface area contributed by atoms with E-state index >= 15 is 0 Å². The fourth-order valence-electron chi connectivity index (χ4n) is 4.24. The van der Waals surface area contributed by atoms with Crippen molar-refractivity contribution in [1.29, 1.82) is 0 Å². The van der Waals surface area contributed by atoms with Crippen LogP contribution in [0.1, 0.15) is 38.8 Å². The van der Waals surface area contributed by atoms with E-state index in [4.69, 9.17) is 21.1 Å². The predicted octanol–water partition coefficient (Wildman–Crippen LogP) is 0.355. The first-order valence-electron chi connectivity index (χ1n) is 10.6. The maximum Gasteiger partial charge on any atom is 0.356 e. The van der Waals surface area contributed by atoms with Gasteiger partial charge in [-0.3, -0.25) is 4.57 Å². The van der Waals surface area contributed by atoms with Gasteiger partial charge >= 0.3 is 7.60 Å². The fraction of sp³-hybridized carbons (Fsp3) is 0.722. The first-order chi connectivity index (χ1) is 15.6. The minimum atomic E-state index is -4.77. The molecule has 2 fully saturated rings. The maximum atomic E-state index is 11.5. The number of aliphatic hydroxyl groups is 3. The third-order valence-electron chi connectivity index (χ3n) is 5.88. The Labute approximate surface area is 193 Å². The predicted molar refractivity (Wildman–Crippen MR) is 116 cm³/mol. The van der Waals surface area contributed by atoms with E-state index in [2.05, 4.69) is 20.4 Å². The smallest absolute Gasteiger partial charge is 0.356 e. The molecule has 0 spiro atoms. The first kappa shape index (κ1) is 24.7. The van der Waals surface area contributed by atoms with E-state index < -0.39 is 50.7 Å². The van der Waals surface area contributed by atoms with Gasteiger partial charge in [-0.15, -0.1) is 0 Å². The molecule has 4 rings (SSSR count). The van der Waals surface area contributed by atoms with Gasteiger partial charge in [0.25, 0.3) is 0 Å². The number of halogens is 1. The summed E-state index contributed by atoms with van der Waals surface area (Å²) in [6.45, 7) is 0.683. The Morgan fingerprint density at radius 3 is 2.64 bits per heavy atom. The number of nitrogens with zero attached hydrogens (tertiary/aromatic N) is 4. The van der Waals surface area contributed by atoms with E-state index in [0.717, 1.165) is 25.7 Å². The van der Waals surface area contributed by atoms with E-state index in [1.54, 1.807) is 0 Å². The molecule has 13 nitrogen and oxygen atoms in total.